The van der Waals surface area contributed by atoms with E-state index in [4.69, 9.17) is 80.1 Å². The highest BCUT2D eigenvalue weighted by molar-refractivity contribution is 6.35. The van der Waals surface area contributed by atoms with E-state index < -0.39 is 11.9 Å². The summed E-state index contributed by atoms with van der Waals surface area (Å²) >= 11 is 36.3. The fraction of sp³-hybridized carbons (Fsp3) is 0.200. The van der Waals surface area contributed by atoms with E-state index in [1.165, 1.54) is 17.1 Å². The second kappa shape index (κ2) is 14.8. The first-order chi connectivity index (χ1) is 22.8. The topological polar surface area (TPSA) is 157 Å². The largest absolute Gasteiger partial charge is 0.461 e. The number of carbonyl (C=O) groups is 2. The van der Waals surface area contributed by atoms with Crippen molar-refractivity contribution < 1.29 is 14.3 Å². The van der Waals surface area contributed by atoms with Gasteiger partial charge in [0.1, 0.15) is 21.3 Å². The van der Waals surface area contributed by atoms with E-state index in [0.717, 1.165) is 11.1 Å². The van der Waals surface area contributed by atoms with Gasteiger partial charge in [-0.2, -0.15) is 10.2 Å². The summed E-state index contributed by atoms with van der Waals surface area (Å²) in [4.78, 5) is 40.5. The SMILES string of the molecule is CCOC(=O)c1nn([C@H](C)c2ccc(Cl)cc2Cl)c2nc(Cl)cnc12.C[C@H](c1ccc(Cl)cc1Cl)n1nc(C(N)=O)c2ncc(Cl)nc21. The third kappa shape index (κ3) is 7.29. The van der Waals surface area contributed by atoms with Crippen molar-refractivity contribution in [2.45, 2.75) is 32.9 Å². The van der Waals surface area contributed by atoms with Gasteiger partial charge >= 0.3 is 5.97 Å². The number of fused-ring (bicyclic) bond motifs is 2. The maximum atomic E-state index is 12.2. The maximum absolute atomic E-state index is 12.2. The summed E-state index contributed by atoms with van der Waals surface area (Å²) in [6, 6.07) is 9.65. The van der Waals surface area contributed by atoms with Crippen molar-refractivity contribution in [2.75, 3.05) is 6.61 Å². The van der Waals surface area contributed by atoms with E-state index in [1.54, 1.807) is 48.0 Å². The molecule has 2 N–H and O–H groups in total. The third-order valence-electron chi connectivity index (χ3n) is 7.01. The molecule has 6 aromatic rings. The Morgan fingerprint density at radius 3 is 1.60 bits per heavy atom. The minimum Gasteiger partial charge on any atom is -0.461 e. The molecule has 248 valence electrons. The van der Waals surface area contributed by atoms with Crippen LogP contribution in [0.3, 0.4) is 0 Å². The minimum absolute atomic E-state index is 0.0288. The summed E-state index contributed by atoms with van der Waals surface area (Å²) in [6.07, 6.45) is 2.70. The zero-order valence-electron chi connectivity index (χ0n) is 25.1. The van der Waals surface area contributed by atoms with Gasteiger partial charge in [0.05, 0.1) is 31.1 Å². The van der Waals surface area contributed by atoms with Crippen LogP contribution in [0.25, 0.3) is 22.3 Å². The van der Waals surface area contributed by atoms with Crippen molar-refractivity contribution in [2.24, 2.45) is 5.73 Å². The number of benzene rings is 2. The Bertz CT molecular complexity index is 2190. The van der Waals surface area contributed by atoms with E-state index in [-0.39, 0.29) is 40.4 Å². The van der Waals surface area contributed by atoms with Gasteiger partial charge in [-0.15, -0.1) is 0 Å². The number of carbonyl (C=O) groups excluding carboxylic acids is 2. The molecule has 2 aromatic carbocycles. The molecule has 0 fully saturated rings. The van der Waals surface area contributed by atoms with Crippen LogP contribution in [0.2, 0.25) is 30.4 Å². The molecule has 0 spiro atoms. The van der Waals surface area contributed by atoms with E-state index >= 15 is 0 Å². The van der Waals surface area contributed by atoms with Gasteiger partial charge < -0.3 is 10.5 Å². The molecule has 18 heteroatoms. The highest BCUT2D eigenvalue weighted by atomic mass is 35.5. The second-order valence-corrected chi connectivity index (χ2v) is 12.5. The highest BCUT2D eigenvalue weighted by Gasteiger charge is 2.25. The van der Waals surface area contributed by atoms with Crippen LogP contribution in [0, 0.1) is 0 Å². The molecule has 4 heterocycles. The summed E-state index contributed by atoms with van der Waals surface area (Å²) in [5.74, 6) is -1.27. The van der Waals surface area contributed by atoms with Crippen molar-refractivity contribution in [3.8, 4) is 0 Å². The summed E-state index contributed by atoms with van der Waals surface area (Å²) in [6.45, 7) is 5.68. The van der Waals surface area contributed by atoms with Gasteiger partial charge in [0.15, 0.2) is 22.7 Å². The Morgan fingerprint density at radius 1 is 0.750 bits per heavy atom. The minimum atomic E-state index is -0.695. The lowest BCUT2D eigenvalue weighted by molar-refractivity contribution is 0.0520. The molecule has 0 bridgehead atoms. The highest BCUT2D eigenvalue weighted by Crippen LogP contribution is 2.32. The van der Waals surface area contributed by atoms with Crippen LogP contribution in [-0.2, 0) is 4.74 Å². The van der Waals surface area contributed by atoms with E-state index in [9.17, 15) is 9.59 Å². The van der Waals surface area contributed by atoms with Gasteiger partial charge in [-0.05, 0) is 56.2 Å². The van der Waals surface area contributed by atoms with Gasteiger partial charge in [0, 0.05) is 20.1 Å². The molecular weight excluding hydrogens is 747 g/mol. The third-order valence-corrected chi connectivity index (χ3v) is 8.50. The van der Waals surface area contributed by atoms with Crippen LogP contribution in [0.4, 0.5) is 0 Å². The molecule has 1 amide bonds. The van der Waals surface area contributed by atoms with Crippen LogP contribution in [0.1, 0.15) is 65.0 Å². The Hall–Kier alpha value is -3.78. The fourth-order valence-corrected chi connectivity index (χ4v) is 6.15. The molecule has 48 heavy (non-hydrogen) atoms. The van der Waals surface area contributed by atoms with Crippen molar-refractivity contribution in [3.05, 3.63) is 102 Å². The lowest BCUT2D eigenvalue weighted by atomic mass is 10.1. The molecule has 0 unspecified atom stereocenters. The Labute approximate surface area is 303 Å². The first-order valence-corrected chi connectivity index (χ1v) is 16.3. The van der Waals surface area contributed by atoms with Crippen molar-refractivity contribution >= 4 is 104 Å². The first kappa shape index (κ1) is 35.5. The second-order valence-electron chi connectivity index (χ2n) is 10.1. The van der Waals surface area contributed by atoms with Crippen molar-refractivity contribution in [3.63, 3.8) is 0 Å². The van der Waals surface area contributed by atoms with Gasteiger partial charge in [-0.3, -0.25) is 4.79 Å². The maximum Gasteiger partial charge on any atom is 0.361 e. The quantitative estimate of drug-likeness (QED) is 0.159. The molecular formula is C30H23Cl6N9O3. The molecule has 6 rings (SSSR count). The number of amides is 1. The fourth-order valence-electron chi connectivity index (χ4n) is 4.76. The van der Waals surface area contributed by atoms with Crippen LogP contribution in [-0.4, -0.2) is 58.0 Å². The van der Waals surface area contributed by atoms with Gasteiger partial charge in [-0.1, -0.05) is 81.7 Å². The summed E-state index contributed by atoms with van der Waals surface area (Å²) in [5, 5.41) is 11.0. The van der Waals surface area contributed by atoms with Gasteiger partial charge in [0.2, 0.25) is 0 Å². The normalized spacial score (nSPS) is 12.4. The number of rotatable bonds is 7. The average Bonchev–Trinajstić information content (AvgIpc) is 3.59. The zero-order valence-corrected chi connectivity index (χ0v) is 29.7. The molecule has 4 aromatic heterocycles. The number of primary amides is 1. The molecule has 0 saturated heterocycles. The number of hydrogen-bond donors (Lipinski definition) is 1. The summed E-state index contributed by atoms with van der Waals surface area (Å²) in [5.41, 5.74) is 8.34. The molecule has 0 radical (unpaired) electrons. The summed E-state index contributed by atoms with van der Waals surface area (Å²) < 4.78 is 8.11. The van der Waals surface area contributed by atoms with E-state index in [2.05, 4.69) is 30.1 Å². The van der Waals surface area contributed by atoms with E-state index in [0.29, 0.717) is 42.4 Å². The lowest BCUT2D eigenvalue weighted by Crippen LogP contribution is -2.14. The molecule has 0 saturated carbocycles. The smallest absolute Gasteiger partial charge is 0.361 e. The molecule has 12 nitrogen and oxygen atoms in total. The van der Waals surface area contributed by atoms with E-state index in [1.807, 2.05) is 13.8 Å². The van der Waals surface area contributed by atoms with Crippen LogP contribution in [0.15, 0.2) is 48.8 Å². The monoisotopic (exact) mass is 767 g/mol. The first-order valence-electron chi connectivity index (χ1n) is 14.0. The number of nitrogens with zero attached hydrogens (tertiary/aromatic N) is 8. The number of hydrogen-bond acceptors (Lipinski definition) is 9. The predicted octanol–water partition coefficient (Wildman–Crippen LogP) is 8.07. The molecule has 0 aliphatic carbocycles. The predicted molar refractivity (Wildman–Crippen MR) is 186 cm³/mol. The van der Waals surface area contributed by atoms with Crippen LogP contribution < -0.4 is 5.73 Å². The van der Waals surface area contributed by atoms with Crippen LogP contribution >= 0.6 is 69.6 Å². The lowest BCUT2D eigenvalue weighted by Gasteiger charge is -2.15. The Kier molecular flexibility index (Phi) is 10.9. The zero-order chi connectivity index (χ0) is 34.9. The average molecular weight is 770 g/mol. The van der Waals surface area contributed by atoms with Gasteiger partial charge in [0.25, 0.3) is 5.91 Å². The molecule has 0 aliphatic heterocycles. The number of nitrogens with two attached hydrogens (primary N) is 1. The molecule has 0 aliphatic rings. The standard InChI is InChI=1S/C16H13Cl3N4O2.C14H10Cl3N5O/c1-3-25-16(24)14-13-15(21-12(19)7-20-13)23(22-14)8(2)10-5-4-9(17)6-11(10)18;1-6(8-3-2-7(15)4-9(8)16)22-14-12(11(21-22)13(18)23)19-5-10(17)20-14/h4-8H,3H2,1-2H3;2-6H,1H3,(H2,18,23)/t8-;6-/m11/s1. The number of ether oxygens (including phenoxy) is 1. The molecule has 2 atom stereocenters. The summed E-state index contributed by atoms with van der Waals surface area (Å²) in [7, 11) is 0. The Morgan fingerprint density at radius 2 is 1.19 bits per heavy atom. The van der Waals surface area contributed by atoms with Crippen LogP contribution in [0.5, 0.6) is 0 Å². The number of esters is 1. The number of aromatic nitrogens is 8. The number of halogens is 6. The van der Waals surface area contributed by atoms with Crippen molar-refractivity contribution in [1.82, 2.24) is 39.5 Å². The van der Waals surface area contributed by atoms with Crippen molar-refractivity contribution in [1.29, 1.82) is 0 Å². The van der Waals surface area contributed by atoms with Gasteiger partial charge in [-0.25, -0.2) is 34.1 Å². The Balaban J connectivity index is 0.000000188.